The summed E-state index contributed by atoms with van der Waals surface area (Å²) in [4.78, 5) is 41.9. The lowest BCUT2D eigenvalue weighted by molar-refractivity contribution is -0.366. The second-order valence-corrected chi connectivity index (χ2v) is 6.21. The van der Waals surface area contributed by atoms with E-state index in [1.807, 2.05) is 0 Å². The van der Waals surface area contributed by atoms with Gasteiger partial charge in [0.25, 0.3) is 0 Å². The lowest BCUT2D eigenvalue weighted by Crippen LogP contribution is -2.65. The van der Waals surface area contributed by atoms with E-state index in [-0.39, 0.29) is 0 Å². The predicted octanol–water partition coefficient (Wildman–Crippen LogP) is -6.13. The first-order valence-corrected chi connectivity index (χ1v) is 7.89. The van der Waals surface area contributed by atoms with Gasteiger partial charge in [-0.05, 0) is 0 Å². The number of hydrogen-bond donors (Lipinski definition) is 4. The molecule has 0 radical (unpaired) electrons. The van der Waals surface area contributed by atoms with Crippen LogP contribution in [0.15, 0.2) is 0 Å². The lowest BCUT2D eigenvalue weighted by Gasteiger charge is -2.48. The Hall–Kier alpha value is 0.0600. The summed E-state index contributed by atoms with van der Waals surface area (Å²) in [6, 6.07) is 0. The molecular formula is C6H10O12P2-4. The zero-order chi connectivity index (χ0) is 15.9. The SMILES string of the molecule is O=P([O-])([O-])O[C@@H]1[C@@H](O)[C@H](O)[C@H](O)[C@H](O)[C@H]1OP(=O)([O-])[O-]. The smallest absolute Gasteiger partial charge is 0.120 e. The van der Waals surface area contributed by atoms with E-state index in [4.69, 9.17) is 0 Å². The van der Waals surface area contributed by atoms with E-state index in [9.17, 15) is 49.1 Å². The third-order valence-electron chi connectivity index (χ3n) is 2.55. The van der Waals surface area contributed by atoms with Crippen LogP contribution in [0.25, 0.3) is 0 Å². The molecule has 1 rings (SSSR count). The quantitative estimate of drug-likeness (QED) is 0.352. The van der Waals surface area contributed by atoms with Gasteiger partial charge in [-0.3, -0.25) is 0 Å². The molecule has 0 saturated heterocycles. The maximum atomic E-state index is 10.5. The molecule has 120 valence electrons. The molecule has 0 unspecified atom stereocenters. The van der Waals surface area contributed by atoms with Crippen molar-refractivity contribution in [3.05, 3.63) is 0 Å². The van der Waals surface area contributed by atoms with Crippen LogP contribution in [0.1, 0.15) is 0 Å². The van der Waals surface area contributed by atoms with Crippen LogP contribution < -0.4 is 19.6 Å². The molecule has 1 fully saturated rings. The Morgan fingerprint density at radius 2 is 0.900 bits per heavy atom. The first-order chi connectivity index (χ1) is 8.83. The largest absolute Gasteiger partial charge is 0.790 e. The Morgan fingerprint density at radius 1 is 0.650 bits per heavy atom. The Balaban J connectivity index is 3.09. The minimum absolute atomic E-state index is 2.17. The van der Waals surface area contributed by atoms with Crippen molar-refractivity contribution in [2.75, 3.05) is 0 Å². The van der Waals surface area contributed by atoms with Gasteiger partial charge in [-0.15, -0.1) is 0 Å². The van der Waals surface area contributed by atoms with E-state index in [2.05, 4.69) is 9.05 Å². The number of aliphatic hydroxyl groups is 4. The van der Waals surface area contributed by atoms with E-state index in [1.165, 1.54) is 0 Å². The fraction of sp³-hybridized carbons (Fsp3) is 1.00. The van der Waals surface area contributed by atoms with E-state index in [0.717, 1.165) is 0 Å². The fourth-order valence-electron chi connectivity index (χ4n) is 1.72. The molecule has 0 aliphatic heterocycles. The number of rotatable bonds is 4. The van der Waals surface area contributed by atoms with Crippen LogP contribution in [0.5, 0.6) is 0 Å². The number of phosphoric ester groups is 2. The summed E-state index contributed by atoms with van der Waals surface area (Å²) < 4.78 is 28.5. The third kappa shape index (κ3) is 4.53. The summed E-state index contributed by atoms with van der Waals surface area (Å²) >= 11 is 0. The normalized spacial score (nSPS) is 39.8. The summed E-state index contributed by atoms with van der Waals surface area (Å²) in [7, 11) is -11.6. The molecule has 20 heavy (non-hydrogen) atoms. The summed E-state index contributed by atoms with van der Waals surface area (Å²) in [6.45, 7) is 0. The van der Waals surface area contributed by atoms with Gasteiger partial charge in [0, 0.05) is 0 Å². The monoisotopic (exact) mass is 336 g/mol. The van der Waals surface area contributed by atoms with Crippen molar-refractivity contribution < 1.29 is 58.2 Å². The Kier molecular flexibility index (Phi) is 5.48. The van der Waals surface area contributed by atoms with Crippen LogP contribution in [0.4, 0.5) is 0 Å². The first kappa shape index (κ1) is 18.1. The van der Waals surface area contributed by atoms with Crippen molar-refractivity contribution in [3.8, 4) is 0 Å². The molecule has 0 spiro atoms. The maximum absolute atomic E-state index is 10.5. The second-order valence-electron chi connectivity index (χ2n) is 4.00. The highest BCUT2D eigenvalue weighted by atomic mass is 31.2. The van der Waals surface area contributed by atoms with Gasteiger partial charge >= 0.3 is 0 Å². The van der Waals surface area contributed by atoms with Crippen molar-refractivity contribution in [2.24, 2.45) is 0 Å². The standard InChI is InChI=1S/C6H14O12P2/c7-1-2(8)4(10)6(18-20(14,15)16)5(3(1)9)17-19(11,12)13/h1-10H,(H2,11,12,13)(H2,14,15,16)/p-4/t1-,2+,3-,4-,5+,6+/m0/s1. The molecule has 12 nitrogen and oxygen atoms in total. The highest BCUT2D eigenvalue weighted by molar-refractivity contribution is 7.43. The molecule has 0 amide bonds. The van der Waals surface area contributed by atoms with E-state index in [0.29, 0.717) is 0 Å². The molecule has 1 aliphatic carbocycles. The van der Waals surface area contributed by atoms with Gasteiger partial charge in [-0.2, -0.15) is 0 Å². The minimum Gasteiger partial charge on any atom is -0.790 e. The summed E-state index contributed by atoms with van der Waals surface area (Å²) in [6.07, 6.45) is -13.7. The van der Waals surface area contributed by atoms with E-state index >= 15 is 0 Å². The molecule has 0 aromatic carbocycles. The molecule has 0 heterocycles. The van der Waals surface area contributed by atoms with Crippen LogP contribution in [0.3, 0.4) is 0 Å². The molecule has 14 heteroatoms. The molecule has 0 aromatic rings. The minimum atomic E-state index is -5.78. The summed E-state index contributed by atoms with van der Waals surface area (Å²) in [5.41, 5.74) is 0. The van der Waals surface area contributed by atoms with Gasteiger partial charge in [0.05, 0.1) is 15.6 Å². The van der Waals surface area contributed by atoms with Crippen LogP contribution in [0.2, 0.25) is 0 Å². The van der Waals surface area contributed by atoms with Crippen molar-refractivity contribution in [1.82, 2.24) is 0 Å². The average Bonchev–Trinajstić information content (AvgIpc) is 2.25. The molecule has 4 N–H and O–H groups in total. The summed E-state index contributed by atoms with van der Waals surface area (Å²) in [5.74, 6) is 0. The van der Waals surface area contributed by atoms with Gasteiger partial charge in [0.1, 0.15) is 36.6 Å². The van der Waals surface area contributed by atoms with E-state index < -0.39 is 52.3 Å². The zero-order valence-electron chi connectivity index (χ0n) is 9.41. The molecule has 0 aromatic heterocycles. The molecular weight excluding hydrogens is 326 g/mol. The number of aliphatic hydroxyl groups excluding tert-OH is 4. The maximum Gasteiger partial charge on any atom is 0.120 e. The van der Waals surface area contributed by atoms with Crippen LogP contribution in [-0.2, 0) is 18.2 Å². The van der Waals surface area contributed by atoms with Gasteiger partial charge in [0.15, 0.2) is 0 Å². The average molecular weight is 336 g/mol. The fourth-order valence-corrected chi connectivity index (χ4v) is 2.81. The Morgan fingerprint density at radius 3 is 1.10 bits per heavy atom. The van der Waals surface area contributed by atoms with Gasteiger partial charge < -0.3 is 58.2 Å². The number of phosphoric acid groups is 2. The molecule has 0 bridgehead atoms. The second kappa shape index (κ2) is 6.05. The van der Waals surface area contributed by atoms with Gasteiger partial charge in [0.2, 0.25) is 0 Å². The van der Waals surface area contributed by atoms with Crippen molar-refractivity contribution in [3.63, 3.8) is 0 Å². The molecule has 6 atom stereocenters. The Labute approximate surface area is 111 Å². The van der Waals surface area contributed by atoms with Crippen LogP contribution >= 0.6 is 15.6 Å². The van der Waals surface area contributed by atoms with Crippen molar-refractivity contribution >= 4 is 15.6 Å². The highest BCUT2D eigenvalue weighted by Gasteiger charge is 2.51. The number of hydrogen-bond acceptors (Lipinski definition) is 12. The topological polar surface area (TPSA) is 226 Å². The van der Waals surface area contributed by atoms with Crippen molar-refractivity contribution in [1.29, 1.82) is 0 Å². The molecule has 1 saturated carbocycles. The van der Waals surface area contributed by atoms with Gasteiger partial charge in [-0.1, -0.05) is 0 Å². The zero-order valence-corrected chi connectivity index (χ0v) is 11.2. The van der Waals surface area contributed by atoms with E-state index in [1.54, 1.807) is 0 Å². The lowest BCUT2D eigenvalue weighted by atomic mass is 9.85. The van der Waals surface area contributed by atoms with Gasteiger partial charge in [-0.25, -0.2) is 0 Å². The third-order valence-corrected chi connectivity index (χ3v) is 3.55. The van der Waals surface area contributed by atoms with Crippen LogP contribution in [-0.4, -0.2) is 57.0 Å². The van der Waals surface area contributed by atoms with Crippen molar-refractivity contribution in [2.45, 2.75) is 36.6 Å². The Bertz CT molecular complexity index is 388. The first-order valence-electron chi connectivity index (χ1n) is 4.96. The predicted molar refractivity (Wildman–Crippen MR) is 49.0 cm³/mol. The summed E-state index contributed by atoms with van der Waals surface area (Å²) in [5, 5.41) is 37.4. The van der Waals surface area contributed by atoms with Crippen LogP contribution in [0, 0.1) is 0 Å². The molecule has 1 aliphatic rings. The highest BCUT2D eigenvalue weighted by Crippen LogP contribution is 2.40.